The normalized spacial score (nSPS) is 11.3. The van der Waals surface area contributed by atoms with E-state index in [0.717, 1.165) is 23.2 Å². The van der Waals surface area contributed by atoms with E-state index < -0.39 is 0 Å². The van der Waals surface area contributed by atoms with Crippen molar-refractivity contribution in [3.8, 4) is 0 Å². The van der Waals surface area contributed by atoms with Crippen LogP contribution in [0.25, 0.3) is 11.0 Å². The summed E-state index contributed by atoms with van der Waals surface area (Å²) >= 11 is 3.46. The second-order valence-corrected chi connectivity index (χ2v) is 5.90. The largest absolute Gasteiger partial charge is 0.317 e. The number of halogens is 1. The zero-order valence-corrected chi connectivity index (χ0v) is 12.9. The molecule has 4 heteroatoms. The molecule has 0 aliphatic carbocycles. The third-order valence-corrected chi connectivity index (χ3v) is 3.82. The molecule has 0 radical (unpaired) electrons. The second kappa shape index (κ2) is 5.77. The smallest absolute Gasteiger partial charge is 0.0969 e. The average Bonchev–Trinajstić information content (AvgIpc) is 2.85. The van der Waals surface area contributed by atoms with Gasteiger partial charge in [0.15, 0.2) is 0 Å². The molecule has 0 saturated heterocycles. The summed E-state index contributed by atoms with van der Waals surface area (Å²) in [5, 5.41) is 0. The lowest BCUT2D eigenvalue weighted by molar-refractivity contribution is 0.264. The Balaban J connectivity index is 1.72. The molecule has 2 aromatic carbocycles. The number of benzene rings is 2. The summed E-state index contributed by atoms with van der Waals surface area (Å²) in [5.74, 6) is 0. The van der Waals surface area contributed by atoms with Gasteiger partial charge in [-0.1, -0.05) is 40.2 Å². The summed E-state index contributed by atoms with van der Waals surface area (Å²) in [6.45, 7) is 1.75. The molecule has 0 saturated carbocycles. The molecule has 0 N–H and O–H groups in total. The molecule has 3 nitrogen and oxygen atoms in total. The van der Waals surface area contributed by atoms with Crippen LogP contribution in [0.4, 0.5) is 0 Å². The predicted octanol–water partition coefficient (Wildman–Crippen LogP) is 3.89. The maximum absolute atomic E-state index is 4.42. The minimum Gasteiger partial charge on any atom is -0.317 e. The first kappa shape index (κ1) is 13.3. The lowest BCUT2D eigenvalue weighted by atomic mass is 10.2. The van der Waals surface area contributed by atoms with E-state index in [1.54, 1.807) is 0 Å². The molecule has 0 bridgehead atoms. The van der Waals surface area contributed by atoms with Crippen LogP contribution < -0.4 is 0 Å². The lowest BCUT2D eigenvalue weighted by Gasteiger charge is -2.18. The molecular weight excluding hydrogens is 314 g/mol. The number of nitrogens with zero attached hydrogens (tertiary/aromatic N) is 3. The van der Waals surface area contributed by atoms with Crippen LogP contribution in [0.2, 0.25) is 0 Å². The highest BCUT2D eigenvalue weighted by Gasteiger charge is 2.05. The highest BCUT2D eigenvalue weighted by Crippen LogP contribution is 2.14. The maximum Gasteiger partial charge on any atom is 0.0969 e. The number of aromatic nitrogens is 2. The van der Waals surface area contributed by atoms with Crippen molar-refractivity contribution < 1.29 is 0 Å². The Kier molecular flexibility index (Phi) is 3.85. The van der Waals surface area contributed by atoms with E-state index in [1.165, 1.54) is 11.1 Å². The van der Waals surface area contributed by atoms with Crippen molar-refractivity contribution in [2.75, 3.05) is 7.05 Å². The number of imidazole rings is 1. The van der Waals surface area contributed by atoms with Crippen molar-refractivity contribution in [3.05, 3.63) is 64.9 Å². The van der Waals surface area contributed by atoms with Crippen molar-refractivity contribution in [1.29, 1.82) is 0 Å². The second-order valence-electron chi connectivity index (χ2n) is 4.99. The van der Waals surface area contributed by atoms with E-state index in [-0.39, 0.29) is 0 Å². The molecule has 0 fully saturated rings. The summed E-state index contributed by atoms with van der Waals surface area (Å²) in [4.78, 5) is 6.70. The molecule has 0 spiro atoms. The van der Waals surface area contributed by atoms with Crippen LogP contribution in [-0.2, 0) is 13.2 Å². The molecule has 0 atom stereocenters. The molecule has 0 aliphatic heterocycles. The molecule has 102 valence electrons. The number of hydrogen-bond acceptors (Lipinski definition) is 2. The van der Waals surface area contributed by atoms with Gasteiger partial charge in [-0.2, -0.15) is 0 Å². The van der Waals surface area contributed by atoms with Gasteiger partial charge in [0.25, 0.3) is 0 Å². The Labute approximate surface area is 127 Å². The quantitative estimate of drug-likeness (QED) is 0.724. The molecule has 3 rings (SSSR count). The number of para-hydroxylation sites is 2. The van der Waals surface area contributed by atoms with Crippen LogP contribution >= 0.6 is 15.9 Å². The lowest BCUT2D eigenvalue weighted by Crippen LogP contribution is -2.21. The van der Waals surface area contributed by atoms with Gasteiger partial charge in [0.05, 0.1) is 24.0 Å². The predicted molar refractivity (Wildman–Crippen MR) is 85.3 cm³/mol. The molecule has 1 heterocycles. The summed E-state index contributed by atoms with van der Waals surface area (Å²) in [5.41, 5.74) is 3.53. The van der Waals surface area contributed by atoms with Crippen molar-refractivity contribution in [3.63, 3.8) is 0 Å². The van der Waals surface area contributed by atoms with Crippen LogP contribution in [0.15, 0.2) is 59.3 Å². The van der Waals surface area contributed by atoms with Gasteiger partial charge in [0, 0.05) is 11.0 Å². The van der Waals surface area contributed by atoms with E-state index >= 15 is 0 Å². The summed E-state index contributed by atoms with van der Waals surface area (Å²) in [6, 6.07) is 16.7. The summed E-state index contributed by atoms with van der Waals surface area (Å²) in [6.07, 6.45) is 1.91. The van der Waals surface area contributed by atoms with Gasteiger partial charge in [-0.3, -0.25) is 4.90 Å². The van der Waals surface area contributed by atoms with Crippen molar-refractivity contribution in [1.82, 2.24) is 14.5 Å². The minimum absolute atomic E-state index is 0.830. The topological polar surface area (TPSA) is 21.1 Å². The zero-order chi connectivity index (χ0) is 13.9. The van der Waals surface area contributed by atoms with E-state index in [2.05, 4.69) is 73.8 Å². The fourth-order valence-electron chi connectivity index (χ4n) is 2.33. The van der Waals surface area contributed by atoms with E-state index in [9.17, 15) is 0 Å². The van der Waals surface area contributed by atoms with Gasteiger partial charge in [-0.05, 0) is 36.9 Å². The Morgan fingerprint density at radius 3 is 2.65 bits per heavy atom. The Bertz CT molecular complexity index is 703. The van der Waals surface area contributed by atoms with Crippen LogP contribution in [0.5, 0.6) is 0 Å². The van der Waals surface area contributed by atoms with Crippen molar-refractivity contribution in [2.45, 2.75) is 13.2 Å². The monoisotopic (exact) mass is 329 g/mol. The fourth-order valence-corrected chi connectivity index (χ4v) is 2.60. The van der Waals surface area contributed by atoms with Crippen LogP contribution in [0.1, 0.15) is 5.56 Å². The van der Waals surface area contributed by atoms with Gasteiger partial charge in [-0.15, -0.1) is 0 Å². The van der Waals surface area contributed by atoms with Gasteiger partial charge in [0.2, 0.25) is 0 Å². The maximum atomic E-state index is 4.42. The van der Waals surface area contributed by atoms with Crippen LogP contribution in [-0.4, -0.2) is 21.5 Å². The third kappa shape index (κ3) is 2.92. The first-order chi connectivity index (χ1) is 9.72. The van der Waals surface area contributed by atoms with Gasteiger partial charge in [0.1, 0.15) is 0 Å². The molecule has 1 aromatic heterocycles. The fraction of sp³-hybridized carbons (Fsp3) is 0.188. The van der Waals surface area contributed by atoms with Gasteiger partial charge >= 0.3 is 0 Å². The van der Waals surface area contributed by atoms with Crippen LogP contribution in [0.3, 0.4) is 0 Å². The Hall–Kier alpha value is -1.65. The first-order valence-electron chi connectivity index (χ1n) is 6.55. The Morgan fingerprint density at radius 2 is 1.85 bits per heavy atom. The molecule has 0 aliphatic rings. The summed E-state index contributed by atoms with van der Waals surface area (Å²) in [7, 11) is 2.12. The van der Waals surface area contributed by atoms with E-state index in [0.29, 0.717) is 0 Å². The van der Waals surface area contributed by atoms with Gasteiger partial charge in [-0.25, -0.2) is 4.98 Å². The highest BCUT2D eigenvalue weighted by molar-refractivity contribution is 9.10. The van der Waals surface area contributed by atoms with Gasteiger partial charge < -0.3 is 4.57 Å². The number of rotatable bonds is 4. The standard InChI is InChI=1S/C16H16BrN3/c1-19(10-13-6-8-14(17)9-7-13)12-20-11-18-15-4-2-3-5-16(15)20/h2-9,11H,10,12H2,1H3. The first-order valence-corrected chi connectivity index (χ1v) is 7.34. The highest BCUT2D eigenvalue weighted by atomic mass is 79.9. The van der Waals surface area contributed by atoms with E-state index in [1.807, 2.05) is 18.5 Å². The Morgan fingerprint density at radius 1 is 1.10 bits per heavy atom. The SMILES string of the molecule is CN(Cc1ccc(Br)cc1)Cn1cnc2ccccc21. The minimum atomic E-state index is 0.830. The van der Waals surface area contributed by atoms with Crippen molar-refractivity contribution in [2.24, 2.45) is 0 Å². The van der Waals surface area contributed by atoms with Crippen LogP contribution in [0, 0.1) is 0 Å². The third-order valence-electron chi connectivity index (χ3n) is 3.29. The molecule has 0 unspecified atom stereocenters. The summed E-state index contributed by atoms with van der Waals surface area (Å²) < 4.78 is 3.29. The molecule has 3 aromatic rings. The molecule has 0 amide bonds. The average molecular weight is 330 g/mol. The van der Waals surface area contributed by atoms with E-state index in [4.69, 9.17) is 0 Å². The van der Waals surface area contributed by atoms with Crippen molar-refractivity contribution >= 4 is 27.0 Å². The number of fused-ring (bicyclic) bond motifs is 1. The zero-order valence-electron chi connectivity index (χ0n) is 11.3. The number of hydrogen-bond donors (Lipinski definition) is 0. The molecular formula is C16H16BrN3. The molecule has 20 heavy (non-hydrogen) atoms.